The largest absolute Gasteiger partial charge is 0.437 e. The number of oxime groups is 1. The van der Waals surface area contributed by atoms with E-state index in [1.807, 2.05) is 67.6 Å². The fourth-order valence-electron chi connectivity index (χ4n) is 2.99. The highest BCUT2D eigenvalue weighted by molar-refractivity contribution is 6.55. The van der Waals surface area contributed by atoms with E-state index in [0.29, 0.717) is 22.6 Å². The predicted octanol–water partition coefficient (Wildman–Crippen LogP) is 4.63. The Morgan fingerprint density at radius 1 is 0.929 bits per heavy atom. The molecule has 0 radical (unpaired) electrons. The zero-order valence-electron chi connectivity index (χ0n) is 15.1. The summed E-state index contributed by atoms with van der Waals surface area (Å²) in [6, 6.07) is 23.8. The number of hydrogen-bond acceptors (Lipinski definition) is 4. The van der Waals surface area contributed by atoms with E-state index in [2.05, 4.69) is 10.5 Å². The van der Waals surface area contributed by atoms with Crippen molar-refractivity contribution in [2.24, 2.45) is 5.16 Å². The van der Waals surface area contributed by atoms with Crippen molar-refractivity contribution in [2.75, 3.05) is 10.2 Å². The number of amides is 2. The molecule has 6 nitrogen and oxygen atoms in total. The lowest BCUT2D eigenvalue weighted by Crippen LogP contribution is -2.26. The molecule has 1 N–H and O–H groups in total. The number of nitrogens with one attached hydrogen (secondary N) is 1. The number of rotatable bonds is 3. The Bertz CT molecular complexity index is 1060. The maximum Gasteiger partial charge on any atom is 0.437 e. The molecule has 0 spiro atoms. The molecule has 1 heterocycles. The summed E-state index contributed by atoms with van der Waals surface area (Å²) in [5.41, 5.74) is 3.76. The van der Waals surface area contributed by atoms with Gasteiger partial charge in [0.15, 0.2) is 5.71 Å². The third-order valence-corrected chi connectivity index (χ3v) is 4.34. The van der Waals surface area contributed by atoms with Crippen LogP contribution in [-0.4, -0.2) is 17.7 Å². The Labute approximate surface area is 162 Å². The number of fused-ring (bicyclic) bond motifs is 1. The van der Waals surface area contributed by atoms with Crippen molar-refractivity contribution in [3.8, 4) is 0 Å². The third-order valence-electron chi connectivity index (χ3n) is 4.34. The zero-order valence-corrected chi connectivity index (χ0v) is 15.1. The van der Waals surface area contributed by atoms with Crippen molar-refractivity contribution in [2.45, 2.75) is 6.92 Å². The van der Waals surface area contributed by atoms with Gasteiger partial charge >= 0.3 is 6.09 Å². The molecule has 0 unspecified atom stereocenters. The van der Waals surface area contributed by atoms with Crippen LogP contribution < -0.4 is 10.2 Å². The van der Waals surface area contributed by atoms with Crippen molar-refractivity contribution in [1.82, 2.24) is 0 Å². The first-order valence-electron chi connectivity index (χ1n) is 8.75. The molecular formula is C22H17N3O3. The Balaban J connectivity index is 1.58. The molecule has 1 aliphatic rings. The molecule has 3 aromatic carbocycles. The molecule has 0 aromatic heterocycles. The SMILES string of the molecule is Cc1ccc(NC(=O)ON=C2C(=O)N(c3ccccc3)c3ccccc32)cc1. The summed E-state index contributed by atoms with van der Waals surface area (Å²) in [6.45, 7) is 1.95. The Hall–Kier alpha value is -3.93. The smallest absolute Gasteiger partial charge is 0.297 e. The molecule has 138 valence electrons. The van der Waals surface area contributed by atoms with E-state index in [9.17, 15) is 9.59 Å². The fraction of sp³-hybridized carbons (Fsp3) is 0.0455. The highest BCUT2D eigenvalue weighted by atomic mass is 16.7. The predicted molar refractivity (Wildman–Crippen MR) is 108 cm³/mol. The molecule has 0 atom stereocenters. The van der Waals surface area contributed by atoms with Crippen molar-refractivity contribution < 1.29 is 14.4 Å². The van der Waals surface area contributed by atoms with E-state index >= 15 is 0 Å². The Morgan fingerprint density at radius 3 is 2.36 bits per heavy atom. The summed E-state index contributed by atoms with van der Waals surface area (Å²) in [6.07, 6.45) is -0.764. The summed E-state index contributed by atoms with van der Waals surface area (Å²) in [5.74, 6) is -0.351. The lowest BCUT2D eigenvalue weighted by Gasteiger charge is -2.16. The average molecular weight is 371 g/mol. The van der Waals surface area contributed by atoms with Gasteiger partial charge in [0.25, 0.3) is 5.91 Å². The number of hydrogen-bond donors (Lipinski definition) is 1. The summed E-state index contributed by atoms with van der Waals surface area (Å²) >= 11 is 0. The standard InChI is InChI=1S/C22H17N3O3/c1-15-11-13-16(14-12-15)23-22(27)28-24-20-18-9-5-6-10-19(18)25(21(20)26)17-7-3-2-4-8-17/h2-14H,1H3,(H,23,27). The highest BCUT2D eigenvalue weighted by Crippen LogP contribution is 2.35. The number of aryl methyl sites for hydroxylation is 1. The first-order valence-corrected chi connectivity index (χ1v) is 8.75. The van der Waals surface area contributed by atoms with E-state index in [4.69, 9.17) is 4.84 Å². The third kappa shape index (κ3) is 3.35. The average Bonchev–Trinajstić information content (AvgIpc) is 3.00. The monoisotopic (exact) mass is 371 g/mol. The van der Waals surface area contributed by atoms with Gasteiger partial charge in [-0.2, -0.15) is 0 Å². The number of para-hydroxylation sites is 2. The first-order chi connectivity index (χ1) is 13.6. The molecule has 0 aliphatic carbocycles. The normalized spacial score (nSPS) is 14.1. The summed E-state index contributed by atoms with van der Waals surface area (Å²) in [4.78, 5) is 31.5. The minimum absolute atomic E-state index is 0.0820. The number of benzene rings is 3. The van der Waals surface area contributed by atoms with Crippen molar-refractivity contribution in [3.63, 3.8) is 0 Å². The first kappa shape index (κ1) is 17.5. The molecule has 4 rings (SSSR count). The van der Waals surface area contributed by atoms with Crippen LogP contribution in [0, 0.1) is 6.92 Å². The molecule has 2 amide bonds. The van der Waals surface area contributed by atoms with Gasteiger partial charge in [0.05, 0.1) is 5.69 Å². The van der Waals surface area contributed by atoms with Crippen LogP contribution in [0.4, 0.5) is 21.9 Å². The minimum atomic E-state index is -0.764. The van der Waals surface area contributed by atoms with Crippen LogP contribution in [0.2, 0.25) is 0 Å². The molecule has 3 aromatic rings. The lowest BCUT2D eigenvalue weighted by molar-refractivity contribution is -0.111. The molecule has 0 fully saturated rings. The topological polar surface area (TPSA) is 71.0 Å². The lowest BCUT2D eigenvalue weighted by atomic mass is 10.1. The van der Waals surface area contributed by atoms with Crippen LogP contribution in [0.3, 0.4) is 0 Å². The summed E-state index contributed by atoms with van der Waals surface area (Å²) in [5, 5.41) is 6.43. The van der Waals surface area contributed by atoms with Gasteiger partial charge in [0.1, 0.15) is 0 Å². The molecule has 1 aliphatic heterocycles. The maximum atomic E-state index is 13.0. The van der Waals surface area contributed by atoms with Gasteiger partial charge in [0.2, 0.25) is 0 Å². The molecule has 0 saturated carbocycles. The second-order valence-corrected chi connectivity index (χ2v) is 6.30. The molecule has 6 heteroatoms. The van der Waals surface area contributed by atoms with Crippen LogP contribution >= 0.6 is 0 Å². The van der Waals surface area contributed by atoms with Crippen LogP contribution in [-0.2, 0) is 9.63 Å². The Kier molecular flexibility index (Phi) is 4.60. The molecule has 28 heavy (non-hydrogen) atoms. The number of carbonyl (C=O) groups excluding carboxylic acids is 2. The van der Waals surface area contributed by atoms with Crippen LogP contribution in [0.1, 0.15) is 11.1 Å². The van der Waals surface area contributed by atoms with Gasteiger partial charge in [-0.05, 0) is 37.3 Å². The van der Waals surface area contributed by atoms with Crippen molar-refractivity contribution in [3.05, 3.63) is 90.0 Å². The zero-order chi connectivity index (χ0) is 19.5. The van der Waals surface area contributed by atoms with E-state index in [1.165, 1.54) is 0 Å². The molecule has 0 saturated heterocycles. The van der Waals surface area contributed by atoms with Gasteiger partial charge in [-0.3, -0.25) is 19.8 Å². The van der Waals surface area contributed by atoms with Crippen molar-refractivity contribution >= 4 is 34.8 Å². The van der Waals surface area contributed by atoms with Gasteiger partial charge < -0.3 is 0 Å². The quantitative estimate of drug-likeness (QED) is 0.539. The summed E-state index contributed by atoms with van der Waals surface area (Å²) in [7, 11) is 0. The number of anilines is 3. The number of carbonyl (C=O) groups is 2. The van der Waals surface area contributed by atoms with Crippen LogP contribution in [0.25, 0.3) is 0 Å². The molecule has 0 bridgehead atoms. The van der Waals surface area contributed by atoms with E-state index in [0.717, 1.165) is 5.56 Å². The van der Waals surface area contributed by atoms with Gasteiger partial charge in [0, 0.05) is 16.9 Å². The fourth-order valence-corrected chi connectivity index (χ4v) is 2.99. The van der Waals surface area contributed by atoms with Crippen molar-refractivity contribution in [1.29, 1.82) is 0 Å². The number of nitrogens with zero attached hydrogens (tertiary/aromatic N) is 2. The summed E-state index contributed by atoms with van der Waals surface area (Å²) < 4.78 is 0. The van der Waals surface area contributed by atoms with Gasteiger partial charge in [-0.1, -0.05) is 59.3 Å². The highest BCUT2D eigenvalue weighted by Gasteiger charge is 2.35. The Morgan fingerprint density at radius 2 is 1.61 bits per heavy atom. The van der Waals surface area contributed by atoms with Gasteiger partial charge in [-0.15, -0.1) is 0 Å². The van der Waals surface area contributed by atoms with Crippen LogP contribution in [0.15, 0.2) is 84.0 Å². The molecular weight excluding hydrogens is 354 g/mol. The van der Waals surface area contributed by atoms with E-state index in [1.54, 1.807) is 23.1 Å². The van der Waals surface area contributed by atoms with E-state index < -0.39 is 6.09 Å². The van der Waals surface area contributed by atoms with Crippen LogP contribution in [0.5, 0.6) is 0 Å². The second kappa shape index (κ2) is 7.36. The maximum absolute atomic E-state index is 13.0. The second-order valence-electron chi connectivity index (χ2n) is 6.30. The minimum Gasteiger partial charge on any atom is -0.297 e. The van der Waals surface area contributed by atoms with E-state index in [-0.39, 0.29) is 11.6 Å². The van der Waals surface area contributed by atoms with Gasteiger partial charge in [-0.25, -0.2) is 4.79 Å².